The molecule has 0 saturated carbocycles. The van der Waals surface area contributed by atoms with Gasteiger partial charge in [0.15, 0.2) is 5.76 Å². The SMILES string of the molecule is COCCNCc1ccc2c(ccn2Cc2ccno2)c1. The van der Waals surface area contributed by atoms with Crippen LogP contribution in [0, 0.1) is 0 Å². The van der Waals surface area contributed by atoms with Gasteiger partial charge in [0.05, 0.1) is 19.3 Å². The van der Waals surface area contributed by atoms with E-state index >= 15 is 0 Å². The maximum absolute atomic E-state index is 5.16. The Morgan fingerprint density at radius 2 is 2.24 bits per heavy atom. The normalized spacial score (nSPS) is 11.3. The molecular weight excluding hydrogens is 266 g/mol. The van der Waals surface area contributed by atoms with Crippen LogP contribution in [0.3, 0.4) is 0 Å². The molecular formula is C16H19N3O2. The molecule has 1 N–H and O–H groups in total. The molecule has 0 unspecified atom stereocenters. The van der Waals surface area contributed by atoms with Crippen LogP contribution in [-0.4, -0.2) is 30.0 Å². The van der Waals surface area contributed by atoms with Gasteiger partial charge in [0.2, 0.25) is 0 Å². The van der Waals surface area contributed by atoms with E-state index in [2.05, 4.69) is 45.5 Å². The third kappa shape index (κ3) is 3.32. The molecule has 0 aliphatic carbocycles. The molecule has 3 aromatic rings. The number of hydrogen-bond acceptors (Lipinski definition) is 4. The van der Waals surface area contributed by atoms with Crippen molar-refractivity contribution in [1.29, 1.82) is 0 Å². The molecule has 2 aromatic heterocycles. The van der Waals surface area contributed by atoms with E-state index in [1.54, 1.807) is 13.3 Å². The summed E-state index contributed by atoms with van der Waals surface area (Å²) in [5.74, 6) is 0.859. The van der Waals surface area contributed by atoms with Crippen LogP contribution in [0.25, 0.3) is 10.9 Å². The fraction of sp³-hybridized carbons (Fsp3) is 0.312. The van der Waals surface area contributed by atoms with Crippen LogP contribution in [0.5, 0.6) is 0 Å². The highest BCUT2D eigenvalue weighted by atomic mass is 16.5. The summed E-state index contributed by atoms with van der Waals surface area (Å²) in [6, 6.07) is 10.5. The Balaban J connectivity index is 1.71. The zero-order chi connectivity index (χ0) is 14.5. The van der Waals surface area contributed by atoms with Gasteiger partial charge >= 0.3 is 0 Å². The van der Waals surface area contributed by atoms with Gasteiger partial charge in [-0.2, -0.15) is 0 Å². The largest absolute Gasteiger partial charge is 0.383 e. The van der Waals surface area contributed by atoms with Gasteiger partial charge in [-0.05, 0) is 29.1 Å². The average Bonchev–Trinajstić information content (AvgIpc) is 3.14. The lowest BCUT2D eigenvalue weighted by molar-refractivity contribution is 0.199. The predicted molar refractivity (Wildman–Crippen MR) is 81.1 cm³/mol. The number of nitrogens with zero attached hydrogens (tertiary/aromatic N) is 2. The highest BCUT2D eigenvalue weighted by Crippen LogP contribution is 2.19. The highest BCUT2D eigenvalue weighted by molar-refractivity contribution is 5.81. The van der Waals surface area contributed by atoms with E-state index in [-0.39, 0.29) is 0 Å². The standard InChI is InChI=1S/C16H19N3O2/c1-20-9-7-17-11-13-2-3-16-14(10-13)5-8-19(16)12-15-4-6-18-21-15/h2-6,8,10,17H,7,9,11-12H2,1H3. The Kier molecular flexibility index (Phi) is 4.33. The molecule has 0 aliphatic heterocycles. The van der Waals surface area contributed by atoms with Crippen molar-refractivity contribution < 1.29 is 9.26 Å². The highest BCUT2D eigenvalue weighted by Gasteiger charge is 2.05. The molecule has 110 valence electrons. The van der Waals surface area contributed by atoms with Crippen LogP contribution >= 0.6 is 0 Å². The molecule has 0 aliphatic rings. The topological polar surface area (TPSA) is 52.2 Å². The van der Waals surface area contributed by atoms with Gasteiger partial charge in [0.1, 0.15) is 0 Å². The van der Waals surface area contributed by atoms with Crippen LogP contribution < -0.4 is 5.32 Å². The summed E-state index contributed by atoms with van der Waals surface area (Å²) >= 11 is 0. The van der Waals surface area contributed by atoms with E-state index in [1.165, 1.54) is 16.5 Å². The molecule has 0 atom stereocenters. The second-order valence-corrected chi connectivity index (χ2v) is 4.99. The minimum Gasteiger partial charge on any atom is -0.383 e. The molecule has 1 aromatic carbocycles. The first-order valence-corrected chi connectivity index (χ1v) is 7.04. The Morgan fingerprint density at radius 1 is 1.29 bits per heavy atom. The Hall–Kier alpha value is -2.11. The van der Waals surface area contributed by atoms with E-state index in [9.17, 15) is 0 Å². The number of rotatable bonds is 7. The number of fused-ring (bicyclic) bond motifs is 1. The molecule has 0 fully saturated rings. The monoisotopic (exact) mass is 285 g/mol. The quantitative estimate of drug-likeness (QED) is 0.677. The second kappa shape index (κ2) is 6.56. The van der Waals surface area contributed by atoms with Gasteiger partial charge in [-0.15, -0.1) is 0 Å². The number of nitrogens with one attached hydrogen (secondary N) is 1. The first-order valence-electron chi connectivity index (χ1n) is 7.04. The number of methoxy groups -OCH3 is 1. The minimum absolute atomic E-state index is 0.703. The zero-order valence-electron chi connectivity index (χ0n) is 12.1. The molecule has 5 heteroatoms. The average molecular weight is 285 g/mol. The van der Waals surface area contributed by atoms with Crippen LogP contribution in [0.1, 0.15) is 11.3 Å². The minimum atomic E-state index is 0.703. The predicted octanol–water partition coefficient (Wildman–Crippen LogP) is 2.41. The summed E-state index contributed by atoms with van der Waals surface area (Å²) in [5.41, 5.74) is 2.48. The van der Waals surface area contributed by atoms with Gasteiger partial charge in [-0.3, -0.25) is 0 Å². The van der Waals surface area contributed by atoms with Gasteiger partial charge in [-0.1, -0.05) is 11.2 Å². The summed E-state index contributed by atoms with van der Waals surface area (Å²) in [6.07, 6.45) is 3.75. The third-order valence-electron chi connectivity index (χ3n) is 3.46. The summed E-state index contributed by atoms with van der Waals surface area (Å²) in [4.78, 5) is 0. The van der Waals surface area contributed by atoms with Gasteiger partial charge < -0.3 is 19.1 Å². The summed E-state index contributed by atoms with van der Waals surface area (Å²) < 4.78 is 12.4. The van der Waals surface area contributed by atoms with E-state index in [1.807, 2.05) is 6.07 Å². The Labute approximate surface area is 123 Å². The van der Waals surface area contributed by atoms with Crippen molar-refractivity contribution in [1.82, 2.24) is 15.0 Å². The van der Waals surface area contributed by atoms with Gasteiger partial charge in [0, 0.05) is 38.0 Å². The maximum Gasteiger partial charge on any atom is 0.156 e. The number of hydrogen-bond donors (Lipinski definition) is 1. The third-order valence-corrected chi connectivity index (χ3v) is 3.46. The van der Waals surface area contributed by atoms with Crippen LogP contribution in [0.4, 0.5) is 0 Å². The molecule has 21 heavy (non-hydrogen) atoms. The van der Waals surface area contributed by atoms with Gasteiger partial charge in [0.25, 0.3) is 0 Å². The Bertz CT molecular complexity index is 689. The van der Waals surface area contributed by atoms with Crippen molar-refractivity contribution in [3.8, 4) is 0 Å². The summed E-state index contributed by atoms with van der Waals surface area (Å²) in [6.45, 7) is 3.15. The zero-order valence-corrected chi connectivity index (χ0v) is 12.1. The van der Waals surface area contributed by atoms with Gasteiger partial charge in [-0.25, -0.2) is 0 Å². The fourth-order valence-corrected chi connectivity index (χ4v) is 2.40. The Morgan fingerprint density at radius 3 is 3.05 bits per heavy atom. The first-order chi connectivity index (χ1) is 10.4. The smallest absolute Gasteiger partial charge is 0.156 e. The molecule has 3 rings (SSSR count). The lowest BCUT2D eigenvalue weighted by Crippen LogP contribution is -2.18. The van der Waals surface area contributed by atoms with Crippen molar-refractivity contribution in [3.05, 3.63) is 54.0 Å². The number of benzene rings is 1. The number of ether oxygens (including phenoxy) is 1. The molecule has 0 bridgehead atoms. The molecule has 0 radical (unpaired) electrons. The number of aromatic nitrogens is 2. The van der Waals surface area contributed by atoms with E-state index < -0.39 is 0 Å². The molecule has 0 spiro atoms. The lowest BCUT2D eigenvalue weighted by Gasteiger charge is -2.06. The molecule has 2 heterocycles. The van der Waals surface area contributed by atoms with E-state index in [4.69, 9.17) is 9.26 Å². The second-order valence-electron chi connectivity index (χ2n) is 4.99. The molecule has 0 saturated heterocycles. The van der Waals surface area contributed by atoms with Crippen LogP contribution in [-0.2, 0) is 17.8 Å². The lowest BCUT2D eigenvalue weighted by atomic mass is 10.1. The van der Waals surface area contributed by atoms with Crippen LogP contribution in [0.2, 0.25) is 0 Å². The van der Waals surface area contributed by atoms with Crippen molar-refractivity contribution in [2.24, 2.45) is 0 Å². The van der Waals surface area contributed by atoms with Crippen molar-refractivity contribution in [2.75, 3.05) is 20.3 Å². The molecule has 0 amide bonds. The summed E-state index contributed by atoms with van der Waals surface area (Å²) in [5, 5.41) is 8.33. The van der Waals surface area contributed by atoms with Crippen molar-refractivity contribution in [2.45, 2.75) is 13.1 Å². The van der Waals surface area contributed by atoms with Crippen molar-refractivity contribution in [3.63, 3.8) is 0 Å². The first kappa shape index (κ1) is 13.9. The van der Waals surface area contributed by atoms with E-state index in [0.717, 1.165) is 25.5 Å². The fourth-order valence-electron chi connectivity index (χ4n) is 2.40. The van der Waals surface area contributed by atoms with E-state index in [0.29, 0.717) is 6.54 Å². The molecule has 5 nitrogen and oxygen atoms in total. The van der Waals surface area contributed by atoms with Crippen molar-refractivity contribution >= 4 is 10.9 Å². The maximum atomic E-state index is 5.16. The summed E-state index contributed by atoms with van der Waals surface area (Å²) in [7, 11) is 1.71. The van der Waals surface area contributed by atoms with Crippen LogP contribution in [0.15, 0.2) is 47.2 Å².